The molecule has 94 valence electrons. The van der Waals surface area contributed by atoms with Crippen LogP contribution in [0.3, 0.4) is 0 Å². The van der Waals surface area contributed by atoms with E-state index >= 15 is 0 Å². The molecule has 0 radical (unpaired) electrons. The van der Waals surface area contributed by atoms with Gasteiger partial charge in [-0.25, -0.2) is 0 Å². The van der Waals surface area contributed by atoms with Crippen LogP contribution in [0.4, 0.5) is 0 Å². The van der Waals surface area contributed by atoms with Crippen LogP contribution in [0.15, 0.2) is 47.2 Å². The molecule has 0 aliphatic rings. The molecule has 1 N–H and O–H groups in total. The van der Waals surface area contributed by atoms with E-state index < -0.39 is 0 Å². The number of benzene rings is 1. The molecule has 0 bridgehead atoms. The zero-order valence-corrected chi connectivity index (χ0v) is 11.9. The minimum atomic E-state index is 0.217. The van der Waals surface area contributed by atoms with E-state index in [-0.39, 0.29) is 6.04 Å². The Morgan fingerprint density at radius 1 is 1.33 bits per heavy atom. The molecule has 0 aliphatic carbocycles. The zero-order valence-electron chi connectivity index (χ0n) is 10.4. The van der Waals surface area contributed by atoms with Crippen molar-refractivity contribution in [1.29, 1.82) is 0 Å². The van der Waals surface area contributed by atoms with Crippen molar-refractivity contribution < 1.29 is 4.74 Å². The summed E-state index contributed by atoms with van der Waals surface area (Å²) < 4.78 is 6.90. The first kappa shape index (κ1) is 13.1. The lowest BCUT2D eigenvalue weighted by Crippen LogP contribution is -2.13. The van der Waals surface area contributed by atoms with E-state index in [1.807, 2.05) is 31.3 Å². The topological polar surface area (TPSA) is 34.1 Å². The average Bonchev–Trinajstić information content (AvgIpc) is 2.41. The molecule has 0 aliphatic heterocycles. The number of halogens is 1. The molecular weight excluding hydrogens is 292 g/mol. The van der Waals surface area contributed by atoms with Gasteiger partial charge in [-0.15, -0.1) is 0 Å². The Balaban J connectivity index is 2.32. The molecular formula is C14H15BrN2O. The van der Waals surface area contributed by atoms with Gasteiger partial charge in [0.05, 0.1) is 6.20 Å². The largest absolute Gasteiger partial charge is 0.455 e. The summed E-state index contributed by atoms with van der Waals surface area (Å²) in [5, 5.41) is 3.22. The lowest BCUT2D eigenvalue weighted by Gasteiger charge is -2.16. The van der Waals surface area contributed by atoms with Gasteiger partial charge >= 0.3 is 0 Å². The van der Waals surface area contributed by atoms with Crippen molar-refractivity contribution in [3.05, 3.63) is 52.8 Å². The predicted octanol–water partition coefficient (Wildman–Crippen LogP) is 3.92. The average molecular weight is 307 g/mol. The minimum Gasteiger partial charge on any atom is -0.455 e. The van der Waals surface area contributed by atoms with Crippen LogP contribution in [0.5, 0.6) is 11.5 Å². The fourth-order valence-corrected chi connectivity index (χ4v) is 2.02. The van der Waals surface area contributed by atoms with Crippen molar-refractivity contribution in [2.75, 3.05) is 7.05 Å². The highest BCUT2D eigenvalue weighted by Crippen LogP contribution is 2.31. The second-order valence-corrected chi connectivity index (χ2v) is 4.90. The first-order valence-electron chi connectivity index (χ1n) is 5.75. The number of ether oxygens (including phenoxy) is 1. The third kappa shape index (κ3) is 3.09. The SMILES string of the molecule is CNC(C)c1cc(Br)ccc1Oc1cccnc1. The summed E-state index contributed by atoms with van der Waals surface area (Å²) in [6, 6.07) is 9.96. The summed E-state index contributed by atoms with van der Waals surface area (Å²) in [6.45, 7) is 2.10. The number of hydrogen-bond donors (Lipinski definition) is 1. The molecule has 1 aromatic carbocycles. The van der Waals surface area contributed by atoms with Gasteiger partial charge in [0.15, 0.2) is 0 Å². The second kappa shape index (κ2) is 5.98. The van der Waals surface area contributed by atoms with Crippen LogP contribution >= 0.6 is 15.9 Å². The van der Waals surface area contributed by atoms with E-state index in [1.54, 1.807) is 12.4 Å². The molecule has 2 aromatic rings. The first-order valence-corrected chi connectivity index (χ1v) is 6.54. The Labute approximate surface area is 115 Å². The Bertz CT molecular complexity index is 516. The van der Waals surface area contributed by atoms with Crippen LogP contribution < -0.4 is 10.1 Å². The molecule has 1 heterocycles. The van der Waals surface area contributed by atoms with Crippen molar-refractivity contribution in [3.63, 3.8) is 0 Å². The van der Waals surface area contributed by atoms with Crippen LogP contribution in [-0.4, -0.2) is 12.0 Å². The minimum absolute atomic E-state index is 0.217. The van der Waals surface area contributed by atoms with Gasteiger partial charge in [-0.05, 0) is 44.3 Å². The van der Waals surface area contributed by atoms with Gasteiger partial charge in [-0.1, -0.05) is 15.9 Å². The summed E-state index contributed by atoms with van der Waals surface area (Å²) >= 11 is 3.48. The van der Waals surface area contributed by atoms with Crippen molar-refractivity contribution >= 4 is 15.9 Å². The van der Waals surface area contributed by atoms with Gasteiger partial charge in [0.25, 0.3) is 0 Å². The number of aromatic nitrogens is 1. The lowest BCUT2D eigenvalue weighted by atomic mass is 10.1. The number of rotatable bonds is 4. The fraction of sp³-hybridized carbons (Fsp3) is 0.214. The van der Waals surface area contributed by atoms with E-state index in [2.05, 4.69) is 39.2 Å². The van der Waals surface area contributed by atoms with E-state index in [9.17, 15) is 0 Å². The van der Waals surface area contributed by atoms with Gasteiger partial charge in [0, 0.05) is 22.3 Å². The third-order valence-corrected chi connectivity index (χ3v) is 3.23. The maximum Gasteiger partial charge on any atom is 0.145 e. The summed E-state index contributed by atoms with van der Waals surface area (Å²) in [7, 11) is 1.93. The molecule has 1 unspecified atom stereocenters. The maximum atomic E-state index is 5.86. The lowest BCUT2D eigenvalue weighted by molar-refractivity contribution is 0.464. The number of pyridine rings is 1. The monoisotopic (exact) mass is 306 g/mol. The number of nitrogens with one attached hydrogen (secondary N) is 1. The molecule has 0 amide bonds. The van der Waals surface area contributed by atoms with Crippen molar-refractivity contribution in [3.8, 4) is 11.5 Å². The number of nitrogens with zero attached hydrogens (tertiary/aromatic N) is 1. The molecule has 4 heteroatoms. The highest BCUT2D eigenvalue weighted by Gasteiger charge is 2.11. The molecule has 0 saturated heterocycles. The normalized spacial score (nSPS) is 12.2. The summed E-state index contributed by atoms with van der Waals surface area (Å²) in [6.07, 6.45) is 3.43. The Hall–Kier alpha value is -1.39. The Kier molecular flexibility index (Phi) is 4.33. The standard InChI is InChI=1S/C14H15BrN2O/c1-10(16-2)13-8-11(15)5-6-14(13)18-12-4-3-7-17-9-12/h3-10,16H,1-2H3. The zero-order chi connectivity index (χ0) is 13.0. The van der Waals surface area contributed by atoms with E-state index in [1.165, 1.54) is 0 Å². The van der Waals surface area contributed by atoms with E-state index in [4.69, 9.17) is 4.74 Å². The predicted molar refractivity (Wildman–Crippen MR) is 75.9 cm³/mol. The van der Waals surface area contributed by atoms with Gasteiger partial charge < -0.3 is 10.1 Å². The van der Waals surface area contributed by atoms with Crippen molar-refractivity contribution in [2.24, 2.45) is 0 Å². The molecule has 0 spiro atoms. The van der Waals surface area contributed by atoms with Gasteiger partial charge in [-0.3, -0.25) is 4.98 Å². The first-order chi connectivity index (χ1) is 8.70. The Morgan fingerprint density at radius 2 is 2.17 bits per heavy atom. The quantitative estimate of drug-likeness (QED) is 0.929. The molecule has 0 fully saturated rings. The summed E-state index contributed by atoms with van der Waals surface area (Å²) in [4.78, 5) is 4.04. The maximum absolute atomic E-state index is 5.86. The highest BCUT2D eigenvalue weighted by atomic mass is 79.9. The van der Waals surface area contributed by atoms with Crippen molar-refractivity contribution in [2.45, 2.75) is 13.0 Å². The molecule has 1 aromatic heterocycles. The van der Waals surface area contributed by atoms with E-state index in [0.29, 0.717) is 0 Å². The van der Waals surface area contributed by atoms with Crippen LogP contribution in [-0.2, 0) is 0 Å². The molecule has 18 heavy (non-hydrogen) atoms. The van der Waals surface area contributed by atoms with Gasteiger partial charge in [0.2, 0.25) is 0 Å². The van der Waals surface area contributed by atoms with Gasteiger partial charge in [-0.2, -0.15) is 0 Å². The third-order valence-electron chi connectivity index (χ3n) is 2.73. The molecule has 3 nitrogen and oxygen atoms in total. The van der Waals surface area contributed by atoms with Gasteiger partial charge in [0.1, 0.15) is 11.5 Å². The summed E-state index contributed by atoms with van der Waals surface area (Å²) in [5.74, 6) is 1.58. The van der Waals surface area contributed by atoms with Crippen LogP contribution in [0.1, 0.15) is 18.5 Å². The number of hydrogen-bond acceptors (Lipinski definition) is 3. The van der Waals surface area contributed by atoms with Crippen LogP contribution in [0, 0.1) is 0 Å². The highest BCUT2D eigenvalue weighted by molar-refractivity contribution is 9.10. The second-order valence-electron chi connectivity index (χ2n) is 3.98. The molecule has 0 saturated carbocycles. The smallest absolute Gasteiger partial charge is 0.145 e. The van der Waals surface area contributed by atoms with Crippen molar-refractivity contribution in [1.82, 2.24) is 10.3 Å². The fourth-order valence-electron chi connectivity index (χ4n) is 1.64. The van der Waals surface area contributed by atoms with Crippen LogP contribution in [0.25, 0.3) is 0 Å². The van der Waals surface area contributed by atoms with Crippen LogP contribution in [0.2, 0.25) is 0 Å². The Morgan fingerprint density at radius 3 is 2.83 bits per heavy atom. The van der Waals surface area contributed by atoms with E-state index in [0.717, 1.165) is 21.5 Å². The molecule has 1 atom stereocenters. The molecule has 2 rings (SSSR count). The summed E-state index contributed by atoms with van der Waals surface area (Å²) in [5.41, 5.74) is 1.11.